The third-order valence-electron chi connectivity index (χ3n) is 2.84. The second kappa shape index (κ2) is 3.49. The van der Waals surface area contributed by atoms with Gasteiger partial charge in [-0.1, -0.05) is 23.0 Å². The van der Waals surface area contributed by atoms with Crippen molar-refractivity contribution in [3.05, 3.63) is 55.9 Å². The number of rotatable bonds is 0. The molecule has 2 aliphatic rings. The largest absolute Gasteiger partial charge is 0.277 e. The quantitative estimate of drug-likeness (QED) is 0.689. The van der Waals surface area contributed by atoms with E-state index >= 15 is 0 Å². The lowest BCUT2D eigenvalue weighted by Crippen LogP contribution is -2.04. The van der Waals surface area contributed by atoms with Crippen LogP contribution in [-0.2, 0) is 6.42 Å². The Labute approximate surface area is 95.5 Å². The summed E-state index contributed by atoms with van der Waals surface area (Å²) in [6, 6.07) is 0. The highest BCUT2D eigenvalue weighted by molar-refractivity contribution is 7.07. The predicted octanol–water partition coefficient (Wildman–Crippen LogP) is 2.63. The minimum absolute atomic E-state index is 0.0157. The Morgan fingerprint density at radius 2 is 2.25 bits per heavy atom. The van der Waals surface area contributed by atoms with Crippen LogP contribution >= 0.6 is 11.3 Å². The summed E-state index contributed by atoms with van der Waals surface area (Å²) in [5, 5.41) is 0. The molecule has 16 heavy (non-hydrogen) atoms. The second-order valence-corrected chi connectivity index (χ2v) is 4.60. The van der Waals surface area contributed by atoms with Crippen molar-refractivity contribution in [1.29, 1.82) is 0 Å². The fourth-order valence-electron chi connectivity index (χ4n) is 2.09. The van der Waals surface area contributed by atoms with Gasteiger partial charge in [0.1, 0.15) is 5.83 Å². The lowest BCUT2D eigenvalue weighted by molar-refractivity contribution is 0.662. The maximum atomic E-state index is 13.1. The van der Waals surface area contributed by atoms with E-state index in [0.717, 1.165) is 28.2 Å². The van der Waals surface area contributed by atoms with Gasteiger partial charge >= 0.3 is 0 Å². The zero-order chi connectivity index (χ0) is 11.1. The smallest absolute Gasteiger partial charge is 0.243 e. The summed E-state index contributed by atoms with van der Waals surface area (Å²) in [7, 11) is 0. The van der Waals surface area contributed by atoms with Crippen LogP contribution in [0.4, 0.5) is 4.39 Å². The summed E-state index contributed by atoms with van der Waals surface area (Å²) in [6.07, 6.45) is 5.87. The van der Waals surface area contributed by atoms with Crippen molar-refractivity contribution in [3.63, 3.8) is 0 Å². The molecule has 3 rings (SSSR count). The molecule has 2 nitrogen and oxygen atoms in total. The van der Waals surface area contributed by atoms with Crippen LogP contribution in [0.25, 0.3) is 5.57 Å². The molecule has 1 aromatic heterocycles. The van der Waals surface area contributed by atoms with E-state index in [1.807, 2.05) is 0 Å². The van der Waals surface area contributed by atoms with E-state index in [1.54, 1.807) is 17.7 Å². The van der Waals surface area contributed by atoms with Crippen molar-refractivity contribution in [3.8, 4) is 0 Å². The van der Waals surface area contributed by atoms with Crippen LogP contribution in [0.5, 0.6) is 0 Å². The molecule has 0 N–H and O–H groups in total. The Bertz CT molecular complexity index is 610. The van der Waals surface area contributed by atoms with Gasteiger partial charge in [-0.3, -0.25) is 4.79 Å². The molecular weight excluding hydrogens is 225 g/mol. The Morgan fingerprint density at radius 3 is 3.12 bits per heavy atom. The maximum absolute atomic E-state index is 13.1. The first-order valence-corrected chi connectivity index (χ1v) is 5.86. The minimum Gasteiger partial charge on any atom is -0.277 e. The van der Waals surface area contributed by atoms with Crippen molar-refractivity contribution in [2.75, 3.05) is 0 Å². The number of aromatic nitrogens is 1. The van der Waals surface area contributed by atoms with E-state index in [0.29, 0.717) is 18.4 Å². The Kier molecular flexibility index (Phi) is 2.11. The molecular formula is C12H8FNOS. The van der Waals surface area contributed by atoms with E-state index in [1.165, 1.54) is 6.08 Å². The minimum atomic E-state index is -0.240. The summed E-state index contributed by atoms with van der Waals surface area (Å²) in [5.41, 5.74) is 5.03. The molecule has 0 amide bonds. The highest BCUT2D eigenvalue weighted by atomic mass is 32.1. The molecule has 1 heterocycles. The zero-order valence-corrected chi connectivity index (χ0v) is 9.18. The van der Waals surface area contributed by atoms with E-state index in [2.05, 4.69) is 4.98 Å². The molecule has 0 aliphatic heterocycles. The molecule has 0 saturated carbocycles. The first-order valence-electron chi connectivity index (χ1n) is 4.98. The molecule has 4 heteroatoms. The van der Waals surface area contributed by atoms with Crippen molar-refractivity contribution >= 4 is 16.9 Å². The van der Waals surface area contributed by atoms with E-state index in [9.17, 15) is 9.18 Å². The van der Waals surface area contributed by atoms with E-state index < -0.39 is 0 Å². The Balaban J connectivity index is 2.20. The topological polar surface area (TPSA) is 30.0 Å². The molecule has 0 fully saturated rings. The summed E-state index contributed by atoms with van der Waals surface area (Å²) in [4.78, 5) is 16.0. The van der Waals surface area contributed by atoms with Crippen LogP contribution in [0.2, 0.25) is 0 Å². The molecule has 0 radical (unpaired) electrons. The molecule has 80 valence electrons. The molecule has 0 unspecified atom stereocenters. The lowest BCUT2D eigenvalue weighted by atomic mass is 10.1. The molecule has 0 saturated heterocycles. The number of hydrogen-bond acceptors (Lipinski definition) is 3. The Morgan fingerprint density at radius 1 is 1.38 bits per heavy atom. The van der Waals surface area contributed by atoms with E-state index in [-0.39, 0.29) is 10.6 Å². The average molecular weight is 233 g/mol. The van der Waals surface area contributed by atoms with Gasteiger partial charge in [-0.2, -0.15) is 0 Å². The summed E-state index contributed by atoms with van der Waals surface area (Å²) >= 11 is 1.09. The van der Waals surface area contributed by atoms with Crippen LogP contribution in [0, 0.1) is 0 Å². The third-order valence-corrected chi connectivity index (χ3v) is 3.47. The average Bonchev–Trinajstić information content (AvgIpc) is 2.54. The third kappa shape index (κ3) is 1.38. The first-order chi connectivity index (χ1) is 7.75. The molecule has 0 bridgehead atoms. The lowest BCUT2D eigenvalue weighted by Gasteiger charge is -1.97. The van der Waals surface area contributed by atoms with Gasteiger partial charge in [-0.15, -0.1) is 0 Å². The highest BCUT2D eigenvalue weighted by Crippen LogP contribution is 2.34. The molecule has 0 aromatic carbocycles. The summed E-state index contributed by atoms with van der Waals surface area (Å²) < 4.78 is 13.1. The van der Waals surface area contributed by atoms with Crippen molar-refractivity contribution in [1.82, 2.24) is 4.98 Å². The van der Waals surface area contributed by atoms with Gasteiger partial charge in [0.05, 0.1) is 16.8 Å². The van der Waals surface area contributed by atoms with Crippen LogP contribution in [-0.4, -0.2) is 4.98 Å². The SMILES string of the molecule is O=c1scnc2c1C1=C(CC=C(F)C=C1)C2. The van der Waals surface area contributed by atoms with Crippen molar-refractivity contribution < 1.29 is 4.39 Å². The summed E-state index contributed by atoms with van der Waals surface area (Å²) in [5.74, 6) is -0.240. The molecule has 1 aromatic rings. The first kappa shape index (κ1) is 9.66. The van der Waals surface area contributed by atoms with Crippen LogP contribution < -0.4 is 4.74 Å². The van der Waals surface area contributed by atoms with Crippen molar-refractivity contribution in [2.45, 2.75) is 12.8 Å². The molecule has 2 aliphatic carbocycles. The van der Waals surface area contributed by atoms with Gasteiger partial charge in [0, 0.05) is 6.42 Å². The normalized spacial score (nSPS) is 17.9. The number of allylic oxidation sites excluding steroid dienone is 6. The monoisotopic (exact) mass is 233 g/mol. The number of nitrogens with zero attached hydrogens (tertiary/aromatic N) is 1. The van der Waals surface area contributed by atoms with Gasteiger partial charge < -0.3 is 0 Å². The maximum Gasteiger partial charge on any atom is 0.243 e. The number of halogens is 1. The van der Waals surface area contributed by atoms with Gasteiger partial charge in [-0.25, -0.2) is 9.37 Å². The standard InChI is InChI=1S/C12H8FNOS/c13-8-2-1-7-5-10-11(9(7)4-3-8)12(15)16-6-14-10/h2-4,6H,1,5H2. The van der Waals surface area contributed by atoms with Crippen LogP contribution in [0.1, 0.15) is 17.7 Å². The fourth-order valence-corrected chi connectivity index (χ4v) is 2.71. The fraction of sp³-hybridized carbons (Fsp3) is 0.167. The number of fused-ring (bicyclic) bond motifs is 2. The summed E-state index contributed by atoms with van der Waals surface area (Å²) in [6.45, 7) is 0. The highest BCUT2D eigenvalue weighted by Gasteiger charge is 2.24. The Hall–Kier alpha value is -1.55. The van der Waals surface area contributed by atoms with Crippen LogP contribution in [0.15, 0.2) is 39.9 Å². The predicted molar refractivity (Wildman–Crippen MR) is 62.0 cm³/mol. The van der Waals surface area contributed by atoms with Crippen LogP contribution in [0.3, 0.4) is 0 Å². The molecule has 0 atom stereocenters. The second-order valence-electron chi connectivity index (χ2n) is 3.78. The van der Waals surface area contributed by atoms with Gasteiger partial charge in [-0.05, 0) is 24.1 Å². The van der Waals surface area contributed by atoms with Gasteiger partial charge in [0.2, 0.25) is 4.74 Å². The van der Waals surface area contributed by atoms with Crippen molar-refractivity contribution in [2.24, 2.45) is 0 Å². The number of hydrogen-bond donors (Lipinski definition) is 0. The van der Waals surface area contributed by atoms with Gasteiger partial charge in [0.25, 0.3) is 0 Å². The van der Waals surface area contributed by atoms with Gasteiger partial charge in [0.15, 0.2) is 0 Å². The van der Waals surface area contributed by atoms with E-state index in [4.69, 9.17) is 0 Å². The molecule has 0 spiro atoms. The zero-order valence-electron chi connectivity index (χ0n) is 8.37.